The highest BCUT2D eigenvalue weighted by molar-refractivity contribution is 5.91. The van der Waals surface area contributed by atoms with Crippen LogP contribution in [0, 0.1) is 28.6 Å². The first-order chi connectivity index (χ1) is 63.3. The van der Waals surface area contributed by atoms with Crippen molar-refractivity contribution >= 4 is 120 Å². The number of carbonyl (C=O) groups excluding carboxylic acids is 8. The molecular weight excluding hydrogens is 1740 g/mol. The summed E-state index contributed by atoms with van der Waals surface area (Å²) in [4.78, 5) is 132. The third-order valence-corrected chi connectivity index (χ3v) is 19.4. The smallest absolute Gasteiger partial charge is 0.408 e. The summed E-state index contributed by atoms with van der Waals surface area (Å²) in [6.07, 6.45) is 7.65. The fourth-order valence-corrected chi connectivity index (χ4v) is 13.0. The van der Waals surface area contributed by atoms with E-state index in [4.69, 9.17) is 56.6 Å². The predicted molar refractivity (Wildman–Crippen MR) is 515 cm³/mol. The van der Waals surface area contributed by atoms with Gasteiger partial charge in [0, 0.05) is 142 Å². The summed E-state index contributed by atoms with van der Waals surface area (Å²) in [5.41, 5.74) is 26.2. The van der Waals surface area contributed by atoms with E-state index >= 15 is 0 Å². The summed E-state index contributed by atoms with van der Waals surface area (Å²) in [5, 5.41) is 81.1. The number of aliphatic hydroxyl groups excluding tert-OH is 3. The van der Waals surface area contributed by atoms with Crippen molar-refractivity contribution in [1.29, 1.82) is 10.5 Å². The molecule has 0 radical (unpaired) electrons. The van der Waals surface area contributed by atoms with Crippen LogP contribution in [-0.2, 0) is 91.1 Å². The van der Waals surface area contributed by atoms with Gasteiger partial charge in [-0.25, -0.2) is 34.5 Å². The topological polar surface area (TPSA) is 594 Å². The van der Waals surface area contributed by atoms with Crippen LogP contribution in [0.15, 0.2) is 183 Å². The number of benzene rings is 6. The Kier molecular flexibility index (Phi) is 43.2. The minimum atomic E-state index is -1.32. The van der Waals surface area contributed by atoms with E-state index in [1.54, 1.807) is 116 Å². The highest BCUT2D eigenvalue weighted by Gasteiger charge is 2.32. The molecule has 37 heteroatoms. The number of aldehydes is 1. The maximum atomic E-state index is 12.6. The molecule has 6 heterocycles. The number of hydrogen-bond acceptors (Lipinski definition) is 23. The molecule has 12 aromatic rings. The summed E-state index contributed by atoms with van der Waals surface area (Å²) < 4.78 is 20.7. The number of carboxylic acid groups (broad SMARTS) is 1. The number of para-hydroxylation sites is 6. The highest BCUT2D eigenvalue weighted by atomic mass is 16.7. The Balaban J connectivity index is 0.000000281. The van der Waals surface area contributed by atoms with Gasteiger partial charge in [0.25, 0.3) is 5.91 Å². The summed E-state index contributed by atoms with van der Waals surface area (Å²) in [6.45, 7) is 25.8. The van der Waals surface area contributed by atoms with E-state index in [2.05, 4.69) is 61.5 Å². The third kappa shape index (κ3) is 38.5. The number of aliphatic hydroxyl groups is 4. The first-order valence-corrected chi connectivity index (χ1v) is 43.2. The second-order valence-corrected chi connectivity index (χ2v) is 35.8. The Morgan fingerprint density at radius 2 is 0.719 bits per heavy atom. The van der Waals surface area contributed by atoms with E-state index < -0.39 is 119 Å². The van der Waals surface area contributed by atoms with Gasteiger partial charge in [0.1, 0.15) is 58.6 Å². The number of nitriles is 2. The summed E-state index contributed by atoms with van der Waals surface area (Å²) >= 11 is 0. The zero-order valence-corrected chi connectivity index (χ0v) is 79.8. The van der Waals surface area contributed by atoms with Crippen LogP contribution in [0.4, 0.5) is 19.2 Å². The lowest BCUT2D eigenvalue weighted by molar-refractivity contribution is -0.171. The van der Waals surface area contributed by atoms with Gasteiger partial charge in [-0.2, -0.15) is 10.5 Å². The molecule has 12 rings (SSSR count). The molecule has 0 saturated heterocycles. The van der Waals surface area contributed by atoms with Crippen LogP contribution >= 0.6 is 0 Å². The Morgan fingerprint density at radius 3 is 1.00 bits per heavy atom. The van der Waals surface area contributed by atoms with Crippen molar-refractivity contribution in [2.45, 2.75) is 219 Å². The molecule has 0 fully saturated rings. The van der Waals surface area contributed by atoms with E-state index in [-0.39, 0.29) is 18.2 Å². The van der Waals surface area contributed by atoms with E-state index in [0.717, 1.165) is 110 Å². The van der Waals surface area contributed by atoms with E-state index in [9.17, 15) is 63.6 Å². The first kappa shape index (κ1) is 111. The number of carbonyl (C=O) groups is 9. The van der Waals surface area contributed by atoms with Crippen LogP contribution < -0.4 is 43.9 Å². The van der Waals surface area contributed by atoms with Crippen molar-refractivity contribution in [2.75, 3.05) is 28.3 Å². The number of nitrogens with one attached hydrogen (secondary N) is 11. The van der Waals surface area contributed by atoms with Gasteiger partial charge in [-0.05, 0) is 192 Å². The van der Waals surface area contributed by atoms with Gasteiger partial charge in [0.15, 0.2) is 6.10 Å². The molecule has 728 valence electrons. The maximum Gasteiger partial charge on any atom is 0.408 e. The van der Waals surface area contributed by atoms with Crippen LogP contribution in [0.2, 0.25) is 0 Å². The first-order valence-electron chi connectivity index (χ1n) is 43.2. The number of nitrogens with zero attached hydrogens (tertiary/aromatic N) is 3. The van der Waals surface area contributed by atoms with Crippen molar-refractivity contribution in [3.05, 3.63) is 216 Å². The molecule has 37 nitrogen and oxygen atoms in total. The number of aromatic nitrogens is 6. The summed E-state index contributed by atoms with van der Waals surface area (Å²) in [6, 6.07) is 46.2. The monoisotopic (exact) mass is 1870 g/mol. The number of aromatic amines is 6. The number of aliphatic carboxylic acids is 1. The number of carboxylic acids is 1. The van der Waals surface area contributed by atoms with E-state index in [0.29, 0.717) is 32.1 Å². The second kappa shape index (κ2) is 52.3. The molecule has 0 aliphatic carbocycles. The number of nitrogens with two attached hydrogens (primary N) is 3. The molecule has 22 N–H and O–H groups in total. The molecule has 0 bridgehead atoms. The number of alkyl carbamates (subject to hydrolysis) is 4. The largest absolute Gasteiger partial charge is 0.480 e. The fraction of sp³-hybridized carbons (Fsp3) is 0.398. The van der Waals surface area contributed by atoms with E-state index in [1.165, 1.54) is 28.0 Å². The van der Waals surface area contributed by atoms with Crippen molar-refractivity contribution in [2.24, 2.45) is 23.1 Å². The van der Waals surface area contributed by atoms with E-state index in [1.807, 2.05) is 184 Å². The van der Waals surface area contributed by atoms with Gasteiger partial charge in [0.2, 0.25) is 11.8 Å². The molecule has 6 aromatic carbocycles. The Bertz CT molecular complexity index is 5800. The number of hydrogen-bond donors (Lipinski definition) is 19. The Morgan fingerprint density at radius 1 is 0.444 bits per heavy atom. The summed E-state index contributed by atoms with van der Waals surface area (Å²) in [7, 11) is 6.18. The maximum absolute atomic E-state index is 12.6. The average molecular weight is 1870 g/mol. The number of primary amides is 2. The number of fused-ring (bicyclic) bond motifs is 6. The third-order valence-electron chi connectivity index (χ3n) is 19.4. The zero-order chi connectivity index (χ0) is 101. The van der Waals surface area contributed by atoms with Crippen LogP contribution in [0.5, 0.6) is 0 Å². The van der Waals surface area contributed by atoms with Gasteiger partial charge >= 0.3 is 30.3 Å². The van der Waals surface area contributed by atoms with Crippen LogP contribution in [0.1, 0.15) is 137 Å². The average Bonchev–Trinajstić information content (AvgIpc) is 1.79. The molecule has 0 aliphatic rings. The van der Waals surface area contributed by atoms with Crippen molar-refractivity contribution in [3.63, 3.8) is 0 Å². The van der Waals surface area contributed by atoms with Gasteiger partial charge in [-0.1, -0.05) is 116 Å². The Hall–Kier alpha value is -14.2. The minimum Gasteiger partial charge on any atom is -0.480 e. The molecular formula is C98H131N17O20. The molecule has 0 spiro atoms. The highest BCUT2D eigenvalue weighted by Crippen LogP contribution is 2.27. The van der Waals surface area contributed by atoms with Crippen LogP contribution in [0.3, 0.4) is 0 Å². The minimum absolute atomic E-state index is 0.179. The lowest BCUT2D eigenvalue weighted by Crippen LogP contribution is -2.49. The molecule has 0 aliphatic heterocycles. The summed E-state index contributed by atoms with van der Waals surface area (Å²) in [5.74, 6) is -3.11. The van der Waals surface area contributed by atoms with Crippen molar-refractivity contribution < 1.29 is 97.3 Å². The van der Waals surface area contributed by atoms with Crippen LogP contribution in [0.25, 0.3) is 65.4 Å². The lowest BCUT2D eigenvalue weighted by atomic mass is 9.95. The fourth-order valence-electron chi connectivity index (χ4n) is 13.0. The number of likely N-dealkylation sites (N-methyl/N-ethyl adjacent to an activating group) is 1. The quantitative estimate of drug-likeness (QED) is 0.0104. The van der Waals surface area contributed by atoms with Crippen LogP contribution in [-0.4, -0.2) is 220 Å². The molecule has 3 unspecified atom stereocenters. The van der Waals surface area contributed by atoms with Crippen molar-refractivity contribution in [1.82, 2.24) is 61.7 Å². The number of ether oxygens (including phenoxy) is 4. The van der Waals surface area contributed by atoms with Gasteiger partial charge in [0.05, 0.1) is 38.4 Å². The molecule has 6 aromatic heterocycles. The second-order valence-electron chi connectivity index (χ2n) is 35.8. The molecule has 135 heavy (non-hydrogen) atoms. The molecule has 9 atom stereocenters. The lowest BCUT2D eigenvalue weighted by Gasteiger charge is -2.25. The number of amides is 7. The van der Waals surface area contributed by atoms with Gasteiger partial charge in [-0.3, -0.25) is 19.2 Å². The van der Waals surface area contributed by atoms with Gasteiger partial charge < -0.3 is 122 Å². The molecule has 0 saturated carbocycles. The standard InChI is InChI=1S/C18H25N3O4.C17H21N3O3.C16H20N2O4.C16H20N2O3.C13H16N2O2.C12H15N3O2.C4H7NO.C2H7NO/c1-18(2,3)25-17(23)20-15(16(22)21(4)24-5)10-12-11-19-14-9-7-6-8-13(12)14;1-17(2,3)23-16(22)20-14(15(21)9-18)8-11-10-19-13-7-5-4-6-12(11)13;1-16(2,3)22-15(21)18-13(14(19)20)8-10-9-17-12-7-5-4-6-11(10)12;1-16(2,3)21-15(20)18-12(10-19)8-11-9-17-14-7-5-4-6-13(11)14;1-8(12(16)13(14)17)6-9-7-15-11-5-3-2-4-10(9)11;13-9(11(16)12(14)17)5-7-6-15-10-4-2-1-3-8(7)10;1-4(2,6)3-5;1-3-4-2/h6-9,11,15,19H,10H2,1-5H3,(H,20,23);4-7,10,14-15,19,21H,8H2,1-3H3,(H,20,22);4-7,9,13,17H,8H2,1-3H3,(H,18,21)(H,19,20);4-7,9-10,12,17H,8H2,1-3H3,(H,18,20);2-5,7-8,12,15-16H,6H2,1H3,(H2,14,17);1-4,6,9,11,15-16H,5,13H2,(H2,14,17);6H,1-2H3;3H,1-2H3/t15-;14-,15?;13-;12-;8-,12?;9-,11?;;/m000000../s1. The molecule has 7 amide bonds. The zero-order valence-electron chi connectivity index (χ0n) is 79.8. The normalized spacial score (nSPS) is 13.2. The number of H-pyrrole nitrogens is 6. The SMILES string of the molecule is CC(C)(C)OC(=O)N[C@@H](Cc1c[nH]c2ccccc12)C(=O)O.CC(C)(C)OC(=O)N[C@@H](Cc1c[nH]c2ccccc12)C(O)C#N.CC(C)(C)OC(=O)N[C@H](C=O)Cc1c[nH]c2ccccc12.CC(C)(O)C#N.CNOC.CON(C)C(=O)[C@H](Cc1c[nH]c2ccccc12)NC(=O)OC(C)(C)C.C[C@@H](Cc1c[nH]c2ccccc12)C(O)C(N)=O.NC(=O)C(O)[C@@H](N)Cc1c[nH]c2ccccc12. The van der Waals surface area contributed by atoms with Crippen molar-refractivity contribution in [3.8, 4) is 12.1 Å². The Labute approximate surface area is 784 Å². The predicted octanol–water partition coefficient (Wildman–Crippen LogP) is 11.7. The van der Waals surface area contributed by atoms with Gasteiger partial charge in [-0.15, -0.1) is 0 Å². The number of hydroxylamine groups is 3. The number of rotatable bonds is 26.